The lowest BCUT2D eigenvalue weighted by Crippen LogP contribution is -2.31. The van der Waals surface area contributed by atoms with Crippen LogP contribution >= 0.6 is 21.6 Å². The lowest BCUT2D eigenvalue weighted by Gasteiger charge is -2.23. The largest absolute Gasteiger partial charge is 0.379 e. The molecule has 0 rings (SSSR count). The van der Waals surface area contributed by atoms with Crippen LogP contribution in [0.5, 0.6) is 0 Å². The van der Waals surface area contributed by atoms with E-state index in [0.717, 1.165) is 6.42 Å². The number of hydrogen-bond acceptors (Lipinski definition) is 6. The Kier molecular flexibility index (Phi) is 15.3. The zero-order chi connectivity index (χ0) is 22.3. The molecule has 0 saturated carbocycles. The topological polar surface area (TPSA) is 96.5 Å². The Balaban J connectivity index is 3.68. The number of rotatable bonds is 16. The van der Waals surface area contributed by atoms with Crippen molar-refractivity contribution in [1.82, 2.24) is 16.0 Å². The van der Waals surface area contributed by atoms with E-state index in [1.165, 1.54) is 0 Å². The Morgan fingerprint density at radius 3 is 2.03 bits per heavy atom. The zero-order valence-electron chi connectivity index (χ0n) is 18.8. The Bertz CT molecular complexity index is 500. The first-order chi connectivity index (χ1) is 13.5. The molecule has 3 N–H and O–H groups in total. The van der Waals surface area contributed by atoms with Gasteiger partial charge in [-0.05, 0) is 48.0 Å². The molecule has 9 heteroatoms. The Hall–Kier alpha value is -0.930. The standard InChI is InChI=1S/C20H39N3O4S2/c1-15(2)22-18(25)7-10-20(5,6)29-28-14-9-17(24)21-11-13-27-12-8-19(26)23-16(3)4/h15-16H,7-14H2,1-6H3,(H,21,24)(H,22,25)(H,23,26). The van der Waals surface area contributed by atoms with Gasteiger partial charge in [0.05, 0.1) is 13.2 Å². The molecule has 0 aromatic heterocycles. The molecule has 0 atom stereocenters. The van der Waals surface area contributed by atoms with Gasteiger partial charge >= 0.3 is 0 Å². The predicted octanol–water partition coefficient (Wildman–Crippen LogP) is 2.89. The van der Waals surface area contributed by atoms with Crippen LogP contribution in [-0.2, 0) is 19.1 Å². The van der Waals surface area contributed by atoms with E-state index in [0.29, 0.717) is 44.8 Å². The van der Waals surface area contributed by atoms with Crippen LogP contribution in [0.15, 0.2) is 0 Å². The molecule has 0 saturated heterocycles. The van der Waals surface area contributed by atoms with E-state index < -0.39 is 0 Å². The van der Waals surface area contributed by atoms with Gasteiger partial charge in [0.1, 0.15) is 0 Å². The third-order valence-electron chi connectivity index (χ3n) is 3.59. The quantitative estimate of drug-likeness (QED) is 0.248. The van der Waals surface area contributed by atoms with Crippen molar-refractivity contribution in [3.05, 3.63) is 0 Å². The first kappa shape index (κ1) is 28.1. The number of ether oxygens (including phenoxy) is 1. The summed E-state index contributed by atoms with van der Waals surface area (Å²) in [6, 6.07) is 0.300. The molecule has 0 aromatic rings. The molecular formula is C20H39N3O4S2. The molecule has 0 unspecified atom stereocenters. The van der Waals surface area contributed by atoms with Crippen LogP contribution < -0.4 is 16.0 Å². The van der Waals surface area contributed by atoms with Crippen LogP contribution in [-0.4, -0.2) is 60.1 Å². The van der Waals surface area contributed by atoms with E-state index in [4.69, 9.17) is 4.74 Å². The molecule has 3 amide bonds. The molecule has 0 fully saturated rings. The molecule has 0 heterocycles. The molecule has 0 bridgehead atoms. The van der Waals surface area contributed by atoms with Gasteiger partial charge in [-0.25, -0.2) is 0 Å². The normalized spacial score (nSPS) is 11.6. The van der Waals surface area contributed by atoms with Crippen LogP contribution in [0.3, 0.4) is 0 Å². The summed E-state index contributed by atoms with van der Waals surface area (Å²) in [5, 5.41) is 8.52. The first-order valence-corrected chi connectivity index (χ1v) is 12.6. The summed E-state index contributed by atoms with van der Waals surface area (Å²) in [6.07, 6.45) is 2.08. The van der Waals surface area contributed by atoms with Crippen molar-refractivity contribution >= 4 is 39.3 Å². The highest BCUT2D eigenvalue weighted by Crippen LogP contribution is 2.38. The molecule has 0 spiro atoms. The molecule has 0 aliphatic rings. The highest BCUT2D eigenvalue weighted by atomic mass is 33.1. The van der Waals surface area contributed by atoms with E-state index in [9.17, 15) is 14.4 Å². The van der Waals surface area contributed by atoms with Gasteiger partial charge in [0.2, 0.25) is 17.7 Å². The van der Waals surface area contributed by atoms with Crippen LogP contribution in [0.25, 0.3) is 0 Å². The number of carbonyl (C=O) groups excluding carboxylic acids is 3. The summed E-state index contributed by atoms with van der Waals surface area (Å²) in [6.45, 7) is 13.2. The average Bonchev–Trinajstić information content (AvgIpc) is 2.59. The summed E-state index contributed by atoms with van der Waals surface area (Å²) in [7, 11) is 3.38. The second kappa shape index (κ2) is 15.8. The van der Waals surface area contributed by atoms with Crippen LogP contribution in [0, 0.1) is 0 Å². The molecule has 7 nitrogen and oxygen atoms in total. The molecule has 170 valence electrons. The minimum atomic E-state index is -0.0259. The third kappa shape index (κ3) is 18.8. The summed E-state index contributed by atoms with van der Waals surface area (Å²) < 4.78 is 5.34. The molecule has 0 radical (unpaired) electrons. The Labute approximate surface area is 184 Å². The molecule has 0 aliphatic carbocycles. The second-order valence-corrected chi connectivity index (χ2v) is 11.2. The highest BCUT2D eigenvalue weighted by Gasteiger charge is 2.20. The van der Waals surface area contributed by atoms with E-state index in [1.54, 1.807) is 21.6 Å². The summed E-state index contributed by atoms with van der Waals surface area (Å²) in [5.74, 6) is 0.769. The van der Waals surface area contributed by atoms with E-state index >= 15 is 0 Å². The van der Waals surface area contributed by atoms with Gasteiger partial charge in [0.15, 0.2) is 0 Å². The van der Waals surface area contributed by atoms with Gasteiger partial charge in [-0.2, -0.15) is 0 Å². The van der Waals surface area contributed by atoms with E-state index in [2.05, 4.69) is 29.8 Å². The molecule has 0 aliphatic heterocycles. The van der Waals surface area contributed by atoms with E-state index in [-0.39, 0.29) is 34.6 Å². The van der Waals surface area contributed by atoms with E-state index in [1.807, 2.05) is 27.7 Å². The van der Waals surface area contributed by atoms with Gasteiger partial charge in [0, 0.05) is 48.4 Å². The average molecular weight is 450 g/mol. The zero-order valence-corrected chi connectivity index (χ0v) is 20.4. The number of hydrogen-bond donors (Lipinski definition) is 3. The monoisotopic (exact) mass is 449 g/mol. The second-order valence-electron chi connectivity index (χ2n) is 8.07. The van der Waals surface area contributed by atoms with Gasteiger partial charge in [-0.15, -0.1) is 0 Å². The van der Waals surface area contributed by atoms with Gasteiger partial charge in [-0.1, -0.05) is 21.6 Å². The fraction of sp³-hybridized carbons (Fsp3) is 0.850. The van der Waals surface area contributed by atoms with Crippen LogP contribution in [0.4, 0.5) is 0 Å². The highest BCUT2D eigenvalue weighted by molar-refractivity contribution is 8.77. The SMILES string of the molecule is CC(C)NC(=O)CCOCCNC(=O)CCSSC(C)(C)CCC(=O)NC(C)C. The summed E-state index contributed by atoms with van der Waals surface area (Å²) in [5.41, 5.74) is 0. The molecule has 0 aromatic carbocycles. The third-order valence-corrected chi connectivity index (χ3v) is 6.94. The summed E-state index contributed by atoms with van der Waals surface area (Å²) in [4.78, 5) is 35.0. The van der Waals surface area contributed by atoms with Crippen LogP contribution in [0.2, 0.25) is 0 Å². The minimum absolute atomic E-state index is 0.00614. The van der Waals surface area contributed by atoms with Crippen molar-refractivity contribution < 1.29 is 19.1 Å². The number of carbonyl (C=O) groups is 3. The van der Waals surface area contributed by atoms with Gasteiger partial charge in [-0.3, -0.25) is 14.4 Å². The van der Waals surface area contributed by atoms with Crippen molar-refractivity contribution in [2.24, 2.45) is 0 Å². The lowest BCUT2D eigenvalue weighted by molar-refractivity contribution is -0.123. The minimum Gasteiger partial charge on any atom is -0.379 e. The lowest BCUT2D eigenvalue weighted by atomic mass is 10.1. The maximum Gasteiger partial charge on any atom is 0.222 e. The van der Waals surface area contributed by atoms with Gasteiger partial charge in [0.25, 0.3) is 0 Å². The predicted molar refractivity (Wildman–Crippen MR) is 123 cm³/mol. The maximum absolute atomic E-state index is 11.8. The van der Waals surface area contributed by atoms with Crippen molar-refractivity contribution in [3.8, 4) is 0 Å². The Morgan fingerprint density at radius 1 is 0.862 bits per heavy atom. The summed E-state index contributed by atoms with van der Waals surface area (Å²) >= 11 is 0. The van der Waals surface area contributed by atoms with Crippen LogP contribution in [0.1, 0.15) is 67.2 Å². The fourth-order valence-corrected chi connectivity index (χ4v) is 4.76. The number of amides is 3. The fourth-order valence-electron chi connectivity index (χ4n) is 2.20. The van der Waals surface area contributed by atoms with Crippen molar-refractivity contribution in [3.63, 3.8) is 0 Å². The molecular weight excluding hydrogens is 410 g/mol. The van der Waals surface area contributed by atoms with Crippen molar-refractivity contribution in [2.75, 3.05) is 25.5 Å². The van der Waals surface area contributed by atoms with Crippen molar-refractivity contribution in [1.29, 1.82) is 0 Å². The van der Waals surface area contributed by atoms with Gasteiger partial charge < -0.3 is 20.7 Å². The maximum atomic E-state index is 11.8. The Morgan fingerprint density at radius 2 is 1.45 bits per heavy atom. The number of nitrogens with one attached hydrogen (secondary N) is 3. The first-order valence-electron chi connectivity index (χ1n) is 10.3. The molecule has 29 heavy (non-hydrogen) atoms. The van der Waals surface area contributed by atoms with Crippen molar-refractivity contribution in [2.45, 2.75) is 84.1 Å². The smallest absolute Gasteiger partial charge is 0.222 e.